The topological polar surface area (TPSA) is 47.6 Å². The van der Waals surface area contributed by atoms with Crippen LogP contribution in [0.5, 0.6) is 0 Å². The van der Waals surface area contributed by atoms with Crippen molar-refractivity contribution in [2.45, 2.75) is 33.3 Å². The van der Waals surface area contributed by atoms with E-state index in [1.807, 2.05) is 27.7 Å². The fraction of sp³-hybridized carbons (Fsp3) is 0.900. The molecular formula is C10H21NO3. The number of rotatable bonds is 6. The van der Waals surface area contributed by atoms with Crippen LogP contribution in [0.15, 0.2) is 0 Å². The smallest absolute Gasteiger partial charge is 0.320 e. The number of ether oxygens (including phenoxy) is 2. The minimum Gasteiger partial charge on any atom is -0.459 e. The zero-order valence-electron chi connectivity index (χ0n) is 9.55. The van der Waals surface area contributed by atoms with Gasteiger partial charge >= 0.3 is 5.97 Å². The fourth-order valence-corrected chi connectivity index (χ4v) is 0.857. The summed E-state index contributed by atoms with van der Waals surface area (Å²) in [6.07, 6.45) is 0. The molecule has 0 unspecified atom stereocenters. The van der Waals surface area contributed by atoms with E-state index in [9.17, 15) is 4.79 Å². The molecular weight excluding hydrogens is 182 g/mol. The van der Waals surface area contributed by atoms with Crippen LogP contribution in [0.1, 0.15) is 27.7 Å². The Labute approximate surface area is 86.0 Å². The molecule has 0 spiro atoms. The Hall–Kier alpha value is -0.610. The maximum Gasteiger partial charge on any atom is 0.320 e. The van der Waals surface area contributed by atoms with Crippen LogP contribution in [0.2, 0.25) is 0 Å². The van der Waals surface area contributed by atoms with Gasteiger partial charge in [-0.2, -0.15) is 0 Å². The highest BCUT2D eigenvalue weighted by molar-refractivity contribution is 5.72. The molecule has 0 heterocycles. The van der Waals surface area contributed by atoms with Crippen molar-refractivity contribution in [1.82, 2.24) is 5.32 Å². The SMILES string of the molecule is CCOCCNCC(=O)OC(C)(C)C. The Balaban J connectivity index is 3.36. The van der Waals surface area contributed by atoms with E-state index in [1.165, 1.54) is 0 Å². The van der Waals surface area contributed by atoms with Gasteiger partial charge in [0.25, 0.3) is 0 Å². The normalized spacial score (nSPS) is 11.4. The summed E-state index contributed by atoms with van der Waals surface area (Å²) in [5.41, 5.74) is -0.404. The second-order valence-electron chi connectivity index (χ2n) is 3.96. The molecule has 0 aromatic heterocycles. The molecule has 0 bridgehead atoms. The van der Waals surface area contributed by atoms with Crippen LogP contribution in [0, 0.1) is 0 Å². The average molecular weight is 203 g/mol. The van der Waals surface area contributed by atoms with Crippen LogP contribution in [0.4, 0.5) is 0 Å². The van der Waals surface area contributed by atoms with Gasteiger partial charge in [-0.05, 0) is 27.7 Å². The summed E-state index contributed by atoms with van der Waals surface area (Å²) in [6, 6.07) is 0. The third-order valence-electron chi connectivity index (χ3n) is 1.32. The summed E-state index contributed by atoms with van der Waals surface area (Å²) in [5, 5.41) is 2.94. The number of nitrogens with one attached hydrogen (secondary N) is 1. The largest absolute Gasteiger partial charge is 0.459 e. The molecule has 0 atom stereocenters. The van der Waals surface area contributed by atoms with Crippen LogP contribution in [-0.2, 0) is 14.3 Å². The van der Waals surface area contributed by atoms with Crippen molar-refractivity contribution >= 4 is 5.97 Å². The van der Waals surface area contributed by atoms with E-state index >= 15 is 0 Å². The summed E-state index contributed by atoms with van der Waals surface area (Å²) in [4.78, 5) is 11.2. The van der Waals surface area contributed by atoms with Gasteiger partial charge in [-0.25, -0.2) is 0 Å². The molecule has 0 rings (SSSR count). The predicted molar refractivity (Wildman–Crippen MR) is 55.2 cm³/mol. The van der Waals surface area contributed by atoms with E-state index in [1.54, 1.807) is 0 Å². The van der Waals surface area contributed by atoms with Gasteiger partial charge in [0.05, 0.1) is 13.2 Å². The molecule has 1 N–H and O–H groups in total. The molecule has 0 amide bonds. The Bertz CT molecular complexity index is 163. The molecule has 4 heteroatoms. The highest BCUT2D eigenvalue weighted by atomic mass is 16.6. The molecule has 84 valence electrons. The van der Waals surface area contributed by atoms with Gasteiger partial charge in [-0.3, -0.25) is 4.79 Å². The molecule has 0 saturated heterocycles. The van der Waals surface area contributed by atoms with E-state index in [0.29, 0.717) is 19.8 Å². The minimum absolute atomic E-state index is 0.228. The van der Waals surface area contributed by atoms with Gasteiger partial charge in [0, 0.05) is 13.2 Å². The summed E-state index contributed by atoms with van der Waals surface area (Å²) in [5.74, 6) is -0.228. The lowest BCUT2D eigenvalue weighted by Crippen LogP contribution is -2.32. The fourth-order valence-electron chi connectivity index (χ4n) is 0.857. The monoisotopic (exact) mass is 203 g/mol. The predicted octanol–water partition coefficient (Wildman–Crippen LogP) is 0.954. The average Bonchev–Trinajstić information content (AvgIpc) is 2.00. The van der Waals surface area contributed by atoms with Crippen molar-refractivity contribution in [3.8, 4) is 0 Å². The summed E-state index contributed by atoms with van der Waals surface area (Å²) >= 11 is 0. The van der Waals surface area contributed by atoms with Crippen molar-refractivity contribution in [1.29, 1.82) is 0 Å². The number of carbonyl (C=O) groups is 1. The molecule has 0 aliphatic heterocycles. The first kappa shape index (κ1) is 13.4. The number of carbonyl (C=O) groups excluding carboxylic acids is 1. The first-order chi connectivity index (χ1) is 6.45. The van der Waals surface area contributed by atoms with Crippen molar-refractivity contribution in [3.05, 3.63) is 0 Å². The Morgan fingerprint density at radius 2 is 2.00 bits per heavy atom. The summed E-state index contributed by atoms with van der Waals surface area (Å²) in [6.45, 7) is 9.74. The van der Waals surface area contributed by atoms with E-state index in [-0.39, 0.29) is 12.5 Å². The molecule has 0 saturated carbocycles. The highest BCUT2D eigenvalue weighted by Gasteiger charge is 2.15. The van der Waals surface area contributed by atoms with Gasteiger partial charge in [0.15, 0.2) is 0 Å². The van der Waals surface area contributed by atoms with Crippen molar-refractivity contribution < 1.29 is 14.3 Å². The van der Waals surface area contributed by atoms with Gasteiger partial charge < -0.3 is 14.8 Å². The molecule has 0 fully saturated rings. The number of hydrogen-bond donors (Lipinski definition) is 1. The molecule has 0 aromatic carbocycles. The van der Waals surface area contributed by atoms with E-state index in [4.69, 9.17) is 9.47 Å². The van der Waals surface area contributed by atoms with Gasteiger partial charge in [0.1, 0.15) is 5.60 Å². The zero-order valence-corrected chi connectivity index (χ0v) is 9.55. The summed E-state index contributed by atoms with van der Waals surface area (Å²) in [7, 11) is 0. The lowest BCUT2D eigenvalue weighted by atomic mass is 10.2. The third kappa shape index (κ3) is 9.48. The zero-order chi connectivity index (χ0) is 11.0. The van der Waals surface area contributed by atoms with Crippen LogP contribution >= 0.6 is 0 Å². The van der Waals surface area contributed by atoms with Crippen molar-refractivity contribution in [2.24, 2.45) is 0 Å². The highest BCUT2D eigenvalue weighted by Crippen LogP contribution is 2.05. The third-order valence-corrected chi connectivity index (χ3v) is 1.32. The van der Waals surface area contributed by atoms with Crippen LogP contribution in [0.3, 0.4) is 0 Å². The standard InChI is InChI=1S/C10H21NO3/c1-5-13-7-6-11-8-9(12)14-10(2,3)4/h11H,5-8H2,1-4H3. The molecule has 0 radical (unpaired) electrons. The Morgan fingerprint density at radius 1 is 1.36 bits per heavy atom. The van der Waals surface area contributed by atoms with Crippen LogP contribution in [0.25, 0.3) is 0 Å². The maximum atomic E-state index is 11.2. The minimum atomic E-state index is -0.404. The van der Waals surface area contributed by atoms with Crippen LogP contribution < -0.4 is 5.32 Å². The van der Waals surface area contributed by atoms with E-state index in [0.717, 1.165) is 0 Å². The van der Waals surface area contributed by atoms with Gasteiger partial charge in [-0.15, -0.1) is 0 Å². The van der Waals surface area contributed by atoms with Crippen molar-refractivity contribution in [3.63, 3.8) is 0 Å². The molecule has 0 aliphatic rings. The Morgan fingerprint density at radius 3 is 2.50 bits per heavy atom. The Kier molecular flexibility index (Phi) is 6.49. The number of esters is 1. The molecule has 0 aliphatic carbocycles. The first-order valence-electron chi connectivity index (χ1n) is 4.96. The molecule has 14 heavy (non-hydrogen) atoms. The number of hydrogen-bond acceptors (Lipinski definition) is 4. The van der Waals surface area contributed by atoms with Crippen molar-refractivity contribution in [2.75, 3.05) is 26.3 Å². The van der Waals surface area contributed by atoms with E-state index in [2.05, 4.69) is 5.32 Å². The second kappa shape index (κ2) is 6.79. The first-order valence-corrected chi connectivity index (χ1v) is 4.96. The lowest BCUT2D eigenvalue weighted by molar-refractivity contribution is -0.153. The van der Waals surface area contributed by atoms with E-state index < -0.39 is 5.60 Å². The van der Waals surface area contributed by atoms with Crippen LogP contribution in [-0.4, -0.2) is 37.9 Å². The van der Waals surface area contributed by atoms with Gasteiger partial charge in [0.2, 0.25) is 0 Å². The lowest BCUT2D eigenvalue weighted by Gasteiger charge is -2.19. The quantitative estimate of drug-likeness (QED) is 0.516. The molecule has 0 aromatic rings. The molecule has 4 nitrogen and oxygen atoms in total. The summed E-state index contributed by atoms with van der Waals surface area (Å²) < 4.78 is 10.2. The van der Waals surface area contributed by atoms with Gasteiger partial charge in [-0.1, -0.05) is 0 Å². The second-order valence-corrected chi connectivity index (χ2v) is 3.96. The maximum absolute atomic E-state index is 11.2.